The van der Waals surface area contributed by atoms with Crippen molar-refractivity contribution in [2.75, 3.05) is 6.61 Å². The summed E-state index contributed by atoms with van der Waals surface area (Å²) in [7, 11) is 0. The number of hydrogen-bond acceptors (Lipinski definition) is 4. The molecule has 1 aromatic heterocycles. The molecule has 3 N–H and O–H groups in total. The minimum Gasteiger partial charge on any atom is -0.396 e. The zero-order chi connectivity index (χ0) is 11.4. The lowest BCUT2D eigenvalue weighted by molar-refractivity contribution is 0.00380. The van der Waals surface area contributed by atoms with Crippen molar-refractivity contribution in [3.8, 4) is 0 Å². The molecule has 0 spiro atoms. The van der Waals surface area contributed by atoms with Crippen LogP contribution < -0.4 is 0 Å². The first-order chi connectivity index (χ1) is 7.06. The van der Waals surface area contributed by atoms with Crippen LogP contribution in [0.15, 0.2) is 16.7 Å². The van der Waals surface area contributed by atoms with Gasteiger partial charge in [0.15, 0.2) is 0 Å². The van der Waals surface area contributed by atoms with Crippen molar-refractivity contribution in [1.29, 1.82) is 0 Å². The molecule has 0 bridgehead atoms. The molecule has 84 valence electrons. The predicted molar refractivity (Wildman–Crippen MR) is 59.6 cm³/mol. The maximum atomic E-state index is 9.75. The maximum Gasteiger partial charge on any atom is 0.129 e. The van der Waals surface area contributed by atoms with E-state index in [0.717, 1.165) is 0 Å². The molecule has 1 heterocycles. The van der Waals surface area contributed by atoms with E-state index >= 15 is 0 Å². The number of aliphatic hydroxyl groups excluding tert-OH is 3. The van der Waals surface area contributed by atoms with Crippen LogP contribution in [-0.4, -0.2) is 33.0 Å². The molecular formula is C9H11BrClNO3. The fourth-order valence-electron chi connectivity index (χ4n) is 1.15. The fraction of sp³-hybridized carbons (Fsp3) is 0.444. The number of nitrogens with zero attached hydrogens (tertiary/aromatic N) is 1. The Morgan fingerprint density at radius 3 is 2.73 bits per heavy atom. The second-order valence-electron chi connectivity index (χ2n) is 3.05. The van der Waals surface area contributed by atoms with E-state index in [2.05, 4.69) is 20.9 Å². The van der Waals surface area contributed by atoms with E-state index < -0.39 is 12.2 Å². The van der Waals surface area contributed by atoms with E-state index in [9.17, 15) is 10.2 Å². The third kappa shape index (κ3) is 3.39. The molecule has 0 amide bonds. The number of pyridine rings is 1. The minimum absolute atomic E-state index is 0.105. The lowest BCUT2D eigenvalue weighted by Crippen LogP contribution is -2.20. The summed E-state index contributed by atoms with van der Waals surface area (Å²) < 4.78 is 0.566. The first-order valence-corrected chi connectivity index (χ1v) is 5.51. The van der Waals surface area contributed by atoms with E-state index in [1.165, 1.54) is 12.3 Å². The molecule has 0 aliphatic heterocycles. The van der Waals surface area contributed by atoms with Crippen molar-refractivity contribution in [3.63, 3.8) is 0 Å². The van der Waals surface area contributed by atoms with Crippen molar-refractivity contribution in [2.24, 2.45) is 0 Å². The van der Waals surface area contributed by atoms with Crippen molar-refractivity contribution in [1.82, 2.24) is 4.98 Å². The summed E-state index contributed by atoms with van der Waals surface area (Å²) in [5, 5.41) is 28.1. The molecule has 0 aromatic carbocycles. The molecule has 0 saturated heterocycles. The lowest BCUT2D eigenvalue weighted by Gasteiger charge is -2.18. The predicted octanol–water partition coefficient (Wildman–Crippen LogP) is 1.27. The topological polar surface area (TPSA) is 73.6 Å². The molecule has 0 radical (unpaired) electrons. The van der Waals surface area contributed by atoms with E-state index in [0.29, 0.717) is 10.0 Å². The van der Waals surface area contributed by atoms with Crippen LogP contribution in [0, 0.1) is 0 Å². The van der Waals surface area contributed by atoms with E-state index in [1.54, 1.807) is 0 Å². The smallest absolute Gasteiger partial charge is 0.129 e. The standard InChI is InChI=1S/C9H11BrClNO3/c10-6-4-12-8(11)3-5(6)9(15)7(14)1-2-13/h3-4,7,9,13-15H,1-2H2. The highest BCUT2D eigenvalue weighted by molar-refractivity contribution is 9.10. The third-order valence-electron chi connectivity index (χ3n) is 1.96. The van der Waals surface area contributed by atoms with Gasteiger partial charge >= 0.3 is 0 Å². The van der Waals surface area contributed by atoms with Gasteiger partial charge in [-0.15, -0.1) is 0 Å². The molecule has 2 atom stereocenters. The molecule has 0 aliphatic carbocycles. The Morgan fingerprint density at radius 1 is 1.47 bits per heavy atom. The monoisotopic (exact) mass is 295 g/mol. The molecular weight excluding hydrogens is 285 g/mol. The van der Waals surface area contributed by atoms with Gasteiger partial charge in [-0.2, -0.15) is 0 Å². The molecule has 4 nitrogen and oxygen atoms in total. The first kappa shape index (κ1) is 12.9. The van der Waals surface area contributed by atoms with Crippen LogP contribution in [0.5, 0.6) is 0 Å². The van der Waals surface area contributed by atoms with Crippen LogP contribution in [0.25, 0.3) is 0 Å². The maximum absolute atomic E-state index is 9.75. The number of halogens is 2. The Hall–Kier alpha value is -0.200. The Labute approximate surface area is 101 Å². The molecule has 0 aliphatic rings. The summed E-state index contributed by atoms with van der Waals surface area (Å²) in [4.78, 5) is 3.80. The summed E-state index contributed by atoms with van der Waals surface area (Å²) in [5.74, 6) is 0. The van der Waals surface area contributed by atoms with E-state index in [-0.39, 0.29) is 18.2 Å². The summed E-state index contributed by atoms with van der Waals surface area (Å²) in [6, 6.07) is 1.47. The first-order valence-electron chi connectivity index (χ1n) is 4.34. The molecule has 1 rings (SSSR count). The average Bonchev–Trinajstić information content (AvgIpc) is 2.21. The largest absolute Gasteiger partial charge is 0.396 e. The average molecular weight is 297 g/mol. The Morgan fingerprint density at radius 2 is 2.13 bits per heavy atom. The molecule has 0 saturated carbocycles. The third-order valence-corrected chi connectivity index (χ3v) is 2.83. The highest BCUT2D eigenvalue weighted by Crippen LogP contribution is 2.27. The number of aliphatic hydroxyl groups is 3. The van der Waals surface area contributed by atoms with E-state index in [1.807, 2.05) is 0 Å². The zero-order valence-corrected chi connectivity index (χ0v) is 10.1. The van der Waals surface area contributed by atoms with Crippen LogP contribution in [0.1, 0.15) is 18.1 Å². The Kier molecular flexibility index (Phi) is 4.95. The summed E-state index contributed by atoms with van der Waals surface area (Å²) in [6.45, 7) is -0.186. The molecule has 2 unspecified atom stereocenters. The summed E-state index contributed by atoms with van der Waals surface area (Å²) in [5.41, 5.74) is 0.455. The van der Waals surface area contributed by atoms with E-state index in [4.69, 9.17) is 16.7 Å². The zero-order valence-electron chi connectivity index (χ0n) is 7.77. The fourth-order valence-corrected chi connectivity index (χ4v) is 1.77. The van der Waals surface area contributed by atoms with Crippen molar-refractivity contribution in [3.05, 3.63) is 27.5 Å². The van der Waals surface area contributed by atoms with Gasteiger partial charge in [0.05, 0.1) is 6.10 Å². The molecule has 1 aromatic rings. The van der Waals surface area contributed by atoms with Crippen molar-refractivity contribution < 1.29 is 15.3 Å². The Balaban J connectivity index is 2.89. The van der Waals surface area contributed by atoms with Crippen molar-refractivity contribution in [2.45, 2.75) is 18.6 Å². The second-order valence-corrected chi connectivity index (χ2v) is 4.29. The molecule has 6 heteroatoms. The number of hydrogen-bond donors (Lipinski definition) is 3. The number of aromatic nitrogens is 1. The van der Waals surface area contributed by atoms with Gasteiger partial charge in [0.25, 0.3) is 0 Å². The highest BCUT2D eigenvalue weighted by Gasteiger charge is 2.20. The molecule has 0 fully saturated rings. The minimum atomic E-state index is -1.09. The van der Waals surface area contributed by atoms with Gasteiger partial charge < -0.3 is 15.3 Å². The van der Waals surface area contributed by atoms with Crippen molar-refractivity contribution >= 4 is 27.5 Å². The SMILES string of the molecule is OCCC(O)C(O)c1cc(Cl)ncc1Br. The number of rotatable bonds is 4. The van der Waals surface area contributed by atoms with Gasteiger partial charge in [0.2, 0.25) is 0 Å². The van der Waals surface area contributed by atoms with Gasteiger partial charge in [-0.25, -0.2) is 4.98 Å². The van der Waals surface area contributed by atoms with Crippen LogP contribution >= 0.6 is 27.5 Å². The van der Waals surface area contributed by atoms with Crippen LogP contribution in [-0.2, 0) is 0 Å². The van der Waals surface area contributed by atoms with Crippen LogP contribution in [0.3, 0.4) is 0 Å². The lowest BCUT2D eigenvalue weighted by atomic mass is 10.0. The Bertz CT molecular complexity index is 337. The highest BCUT2D eigenvalue weighted by atomic mass is 79.9. The molecule has 15 heavy (non-hydrogen) atoms. The van der Waals surface area contributed by atoms with Crippen LogP contribution in [0.4, 0.5) is 0 Å². The van der Waals surface area contributed by atoms with Gasteiger partial charge in [0.1, 0.15) is 11.3 Å². The van der Waals surface area contributed by atoms with Crippen LogP contribution in [0.2, 0.25) is 5.15 Å². The summed E-state index contributed by atoms with van der Waals surface area (Å²) in [6.07, 6.45) is -0.558. The van der Waals surface area contributed by atoms with Gasteiger partial charge in [-0.3, -0.25) is 0 Å². The van der Waals surface area contributed by atoms with Gasteiger partial charge in [0, 0.05) is 22.8 Å². The van der Waals surface area contributed by atoms with Gasteiger partial charge in [-0.1, -0.05) is 11.6 Å². The van der Waals surface area contributed by atoms with Gasteiger partial charge in [-0.05, 0) is 28.4 Å². The quantitative estimate of drug-likeness (QED) is 0.732. The summed E-state index contributed by atoms with van der Waals surface area (Å²) >= 11 is 8.86. The second kappa shape index (κ2) is 5.77. The normalized spacial score (nSPS) is 15.0.